The third-order valence-electron chi connectivity index (χ3n) is 10.6. The first kappa shape index (κ1) is 44.1. The number of rotatable bonds is 12. The Morgan fingerprint density at radius 3 is 1.64 bits per heavy atom. The summed E-state index contributed by atoms with van der Waals surface area (Å²) in [6, 6.07) is 29.6. The average Bonchev–Trinajstić information content (AvgIpc) is 3.20. The minimum Gasteiger partial charge on any atom is -0.512 e. The minimum atomic E-state index is -0.463. The SMILES string of the molecule is CCC(CC)C(=O)/C=C(\O)C(CC)CCF.[2H]c1cc2cc(C(C)C)ccc2c(-c2[c-]c(C)cc(C)c2)n1.[2H]c1nc(-c2[c-]c(C)cc(C)c2)c2ccc(C(C)C)cc2c1[2H].[Ir]. The quantitative estimate of drug-likeness (QED) is 0.0754. The van der Waals surface area contributed by atoms with Crippen molar-refractivity contribution < 1.29 is 38.5 Å². The molecule has 59 heavy (non-hydrogen) atoms. The summed E-state index contributed by atoms with van der Waals surface area (Å²) in [5.41, 5.74) is 10.4. The van der Waals surface area contributed by atoms with Crippen molar-refractivity contribution in [3.8, 4) is 22.5 Å². The summed E-state index contributed by atoms with van der Waals surface area (Å²) in [6.45, 7) is 22.1. The van der Waals surface area contributed by atoms with Gasteiger partial charge in [0.2, 0.25) is 0 Å². The van der Waals surface area contributed by atoms with E-state index in [-0.39, 0.29) is 62.1 Å². The molecule has 0 saturated carbocycles. The van der Waals surface area contributed by atoms with Gasteiger partial charge in [-0.1, -0.05) is 113 Å². The summed E-state index contributed by atoms with van der Waals surface area (Å²) >= 11 is 0. The van der Waals surface area contributed by atoms with Crippen molar-refractivity contribution in [2.75, 3.05) is 6.67 Å². The monoisotopic (exact) mass is 974 g/mol. The van der Waals surface area contributed by atoms with Crippen LogP contribution in [0.25, 0.3) is 44.1 Å². The maximum absolute atomic E-state index is 12.2. The molecular weight excluding hydrogens is 908 g/mol. The number of hydrogen-bond acceptors (Lipinski definition) is 4. The predicted octanol–water partition coefficient (Wildman–Crippen LogP) is 14.7. The van der Waals surface area contributed by atoms with Crippen LogP contribution in [-0.2, 0) is 24.9 Å². The number of aliphatic hydroxyl groups excluding tert-OH is 1. The van der Waals surface area contributed by atoms with E-state index < -0.39 is 6.67 Å². The number of aliphatic hydroxyl groups is 1. The van der Waals surface area contributed by atoms with E-state index in [1.807, 2.05) is 65.8 Å². The first-order valence-electron chi connectivity index (χ1n) is 22.2. The molecule has 6 heteroatoms. The number of carbonyl (C=O) groups is 1. The summed E-state index contributed by atoms with van der Waals surface area (Å²) in [6.07, 6.45) is 4.11. The molecule has 1 radical (unpaired) electrons. The summed E-state index contributed by atoms with van der Waals surface area (Å²) in [5, 5.41) is 13.6. The Morgan fingerprint density at radius 2 is 1.19 bits per heavy atom. The van der Waals surface area contributed by atoms with Crippen molar-refractivity contribution in [1.82, 2.24) is 9.97 Å². The first-order chi connectivity index (χ1) is 28.9. The largest absolute Gasteiger partial charge is 0.512 e. The number of benzene rings is 4. The van der Waals surface area contributed by atoms with Gasteiger partial charge in [0.15, 0.2) is 5.78 Å². The van der Waals surface area contributed by atoms with Gasteiger partial charge in [0, 0.05) is 50.4 Å². The van der Waals surface area contributed by atoms with Crippen LogP contribution in [0, 0.1) is 51.7 Å². The molecule has 0 amide bonds. The number of carbonyl (C=O) groups excluding carboxylic acids is 1. The molecule has 1 unspecified atom stereocenters. The molecule has 2 heterocycles. The van der Waals surface area contributed by atoms with E-state index >= 15 is 0 Å². The first-order valence-corrected chi connectivity index (χ1v) is 20.7. The number of aromatic nitrogens is 2. The van der Waals surface area contributed by atoms with Gasteiger partial charge in [-0.15, -0.1) is 69.8 Å². The molecule has 0 saturated heterocycles. The molecule has 4 nitrogen and oxygen atoms in total. The van der Waals surface area contributed by atoms with Crippen molar-refractivity contribution in [2.45, 2.75) is 114 Å². The molecule has 315 valence electrons. The molecule has 0 bridgehead atoms. The van der Waals surface area contributed by atoms with E-state index in [1.165, 1.54) is 22.8 Å². The number of fused-ring (bicyclic) bond motifs is 2. The van der Waals surface area contributed by atoms with Gasteiger partial charge in [0.05, 0.1) is 16.5 Å². The fraction of sp³-hybridized carbons (Fsp3) is 0.377. The minimum absolute atomic E-state index is 0. The number of ketones is 1. The van der Waals surface area contributed by atoms with Crippen LogP contribution in [0.1, 0.15) is 123 Å². The van der Waals surface area contributed by atoms with E-state index in [0.717, 1.165) is 73.6 Å². The molecule has 0 aliphatic rings. The topological polar surface area (TPSA) is 63.1 Å². The van der Waals surface area contributed by atoms with E-state index in [0.29, 0.717) is 24.4 Å². The van der Waals surface area contributed by atoms with Gasteiger partial charge >= 0.3 is 0 Å². The normalized spacial score (nSPS) is 12.6. The molecule has 1 N–H and O–H groups in total. The number of nitrogens with zero attached hydrogens (tertiary/aromatic N) is 2. The van der Waals surface area contributed by atoms with Crippen LogP contribution in [0.4, 0.5) is 4.39 Å². The van der Waals surface area contributed by atoms with Crippen molar-refractivity contribution in [3.63, 3.8) is 0 Å². The maximum Gasteiger partial charge on any atom is 0.162 e. The van der Waals surface area contributed by atoms with Gasteiger partial charge in [-0.25, -0.2) is 0 Å². The second-order valence-electron chi connectivity index (χ2n) is 16.0. The van der Waals surface area contributed by atoms with Gasteiger partial charge in [-0.05, 0) is 93.7 Å². The number of pyridine rings is 2. The fourth-order valence-electron chi connectivity index (χ4n) is 7.16. The zero-order chi connectivity index (χ0) is 45.1. The zero-order valence-corrected chi connectivity index (χ0v) is 39.1. The molecule has 4 aromatic carbocycles. The zero-order valence-electron chi connectivity index (χ0n) is 39.7. The maximum atomic E-state index is 12.2. The van der Waals surface area contributed by atoms with Crippen LogP contribution in [0.3, 0.4) is 0 Å². The molecular formula is C53H63FIrN2O2-2. The Hall–Kier alpha value is -4.51. The van der Waals surface area contributed by atoms with E-state index in [1.54, 1.807) is 0 Å². The van der Waals surface area contributed by atoms with Gasteiger partial charge in [-0.3, -0.25) is 9.18 Å². The van der Waals surface area contributed by atoms with Crippen LogP contribution in [0.2, 0.25) is 0 Å². The van der Waals surface area contributed by atoms with Crippen LogP contribution in [0.5, 0.6) is 0 Å². The number of allylic oxidation sites excluding steroid dienone is 2. The van der Waals surface area contributed by atoms with E-state index in [9.17, 15) is 14.3 Å². The number of alkyl halides is 1. The van der Waals surface area contributed by atoms with Crippen LogP contribution < -0.4 is 0 Å². The van der Waals surface area contributed by atoms with E-state index in [4.69, 9.17) is 4.11 Å². The smallest absolute Gasteiger partial charge is 0.162 e. The molecule has 0 fully saturated rings. The fourth-order valence-corrected chi connectivity index (χ4v) is 7.16. The van der Waals surface area contributed by atoms with Crippen LogP contribution in [-0.4, -0.2) is 27.5 Å². The van der Waals surface area contributed by atoms with Crippen molar-refractivity contribution >= 4 is 27.3 Å². The Balaban J connectivity index is 0.000000251. The molecule has 0 spiro atoms. The predicted molar refractivity (Wildman–Crippen MR) is 243 cm³/mol. The summed E-state index contributed by atoms with van der Waals surface area (Å²) in [7, 11) is 0. The van der Waals surface area contributed by atoms with Crippen molar-refractivity contribution in [1.29, 1.82) is 0 Å². The third kappa shape index (κ3) is 13.5. The molecule has 2 aromatic heterocycles. The standard InChI is InChI=1S/2C20H20N.C13H23FO2.Ir/c2*1-13(2)16-5-6-19-17(12-16)7-8-21-20(19)18-10-14(3)9-15(4)11-18;1-4-10(5-2)12(15)9-13(16)11(6-3)7-8-14;/h2*5-10,12-13H,1-4H3;9-11,16H,4-8H2,1-3H3;/q2*-1;;/b;;13-9-;/i7D,8D;8D;;. The van der Waals surface area contributed by atoms with Crippen molar-refractivity contribution in [2.24, 2.45) is 11.8 Å². The number of halogens is 1. The van der Waals surface area contributed by atoms with Gasteiger partial charge in [-0.2, -0.15) is 0 Å². The van der Waals surface area contributed by atoms with E-state index in [2.05, 4.69) is 99.2 Å². The second-order valence-corrected chi connectivity index (χ2v) is 16.0. The van der Waals surface area contributed by atoms with Gasteiger partial charge < -0.3 is 15.1 Å². The average molecular weight is 974 g/mol. The van der Waals surface area contributed by atoms with Crippen LogP contribution >= 0.6 is 0 Å². The van der Waals surface area contributed by atoms with Crippen LogP contribution in [0.15, 0.2) is 97.0 Å². The molecule has 0 aliphatic carbocycles. The summed E-state index contributed by atoms with van der Waals surface area (Å²) in [5.74, 6) is 0.616. The number of aryl methyl sites for hydroxylation is 4. The molecule has 6 aromatic rings. The molecule has 6 rings (SSSR count). The summed E-state index contributed by atoms with van der Waals surface area (Å²) < 4.78 is 36.5. The summed E-state index contributed by atoms with van der Waals surface area (Å²) in [4.78, 5) is 20.5. The van der Waals surface area contributed by atoms with Gasteiger partial charge in [0.25, 0.3) is 0 Å². The van der Waals surface area contributed by atoms with Crippen molar-refractivity contribution in [3.05, 3.63) is 142 Å². The third-order valence-corrected chi connectivity index (χ3v) is 10.6. The second kappa shape index (κ2) is 23.3. The Bertz CT molecular complexity index is 2460. The Kier molecular flexibility index (Phi) is 17.4. The number of hydrogen-bond donors (Lipinski definition) is 1. The molecule has 1 atom stereocenters. The Labute approximate surface area is 371 Å². The molecule has 0 aliphatic heterocycles. The van der Waals surface area contributed by atoms with Gasteiger partial charge in [0.1, 0.15) is 0 Å². The Morgan fingerprint density at radius 1 is 0.712 bits per heavy atom.